The molecular weight excluding hydrogens is 82.0 g/mol. The molecule has 6 heavy (non-hydrogen) atoms. The van der Waals surface area contributed by atoms with Crippen molar-refractivity contribution >= 4 is 6.29 Å². The van der Waals surface area contributed by atoms with Crippen LogP contribution in [0.3, 0.4) is 0 Å². The van der Waals surface area contributed by atoms with Gasteiger partial charge in [-0.15, -0.1) is 0 Å². The lowest BCUT2D eigenvalue weighted by molar-refractivity contribution is -0.104. The number of aldehydes is 1. The van der Waals surface area contributed by atoms with Crippen molar-refractivity contribution in [1.82, 2.24) is 6.15 Å². The minimum atomic E-state index is 0. The predicted octanol–water partition coefficient (Wildman–Crippen LogP) is -0.291. The lowest BCUT2D eigenvalue weighted by Crippen LogP contribution is -1.44. The van der Waals surface area contributed by atoms with Crippen LogP contribution in [0, 0.1) is 0 Å². The van der Waals surface area contributed by atoms with Gasteiger partial charge in [0.2, 0.25) is 0 Å². The van der Waals surface area contributed by atoms with E-state index in [1.165, 1.54) is 6.08 Å². The zero-order chi connectivity index (χ0) is 3.41. The predicted molar refractivity (Wildman–Crippen MR) is 24.9 cm³/mol. The van der Waals surface area contributed by atoms with E-state index in [1.807, 2.05) is 0 Å². The maximum Gasteiger partial charge on any atom is 0.142 e. The van der Waals surface area contributed by atoms with Crippen LogP contribution in [-0.4, -0.2) is 11.8 Å². The quantitative estimate of drug-likeness (QED) is 0.355. The van der Waals surface area contributed by atoms with Crippen LogP contribution in [-0.2, 0) is 4.79 Å². The first kappa shape index (κ1) is 18.4. The molecule has 0 aliphatic carbocycles. The first-order valence-electron chi connectivity index (χ1n) is 0.977. The van der Waals surface area contributed by atoms with Crippen molar-refractivity contribution in [3.05, 3.63) is 12.7 Å². The van der Waals surface area contributed by atoms with E-state index in [0.717, 1.165) is 0 Å². The molecule has 3 heteroatoms. The molecule has 0 aromatic carbocycles. The number of carbonyl (C=O) groups excluding carboxylic acids is 1. The highest BCUT2D eigenvalue weighted by Gasteiger charge is 1.38. The Labute approximate surface area is 36.6 Å². The van der Waals surface area contributed by atoms with Gasteiger partial charge in [-0.1, -0.05) is 6.58 Å². The van der Waals surface area contributed by atoms with Gasteiger partial charge in [0.05, 0.1) is 0 Å². The van der Waals surface area contributed by atoms with Crippen molar-refractivity contribution in [2.24, 2.45) is 0 Å². The van der Waals surface area contributed by atoms with Crippen LogP contribution in [0.5, 0.6) is 0 Å². The molecule has 0 bridgehead atoms. The lowest BCUT2D eigenvalue weighted by Gasteiger charge is -1.37. The highest BCUT2D eigenvalue weighted by molar-refractivity contribution is 5.63. The third kappa shape index (κ3) is 166. The molecule has 0 radical (unpaired) electrons. The molecule has 0 unspecified atom stereocenters. The van der Waals surface area contributed by atoms with E-state index in [-0.39, 0.29) is 11.6 Å². The summed E-state index contributed by atoms with van der Waals surface area (Å²) >= 11 is 0. The molecule has 0 saturated carbocycles. The van der Waals surface area contributed by atoms with E-state index >= 15 is 0 Å². The molecule has 0 spiro atoms. The van der Waals surface area contributed by atoms with Gasteiger partial charge in [0, 0.05) is 0 Å². The Morgan fingerprint density at radius 1 is 1.50 bits per heavy atom. The average molecular weight is 91.1 g/mol. The fourth-order valence-corrected chi connectivity index (χ4v) is 0. The Bertz CT molecular complexity index is 29.8. The number of carbonyl (C=O) groups is 1. The van der Waals surface area contributed by atoms with E-state index in [4.69, 9.17) is 4.79 Å². The second-order valence-electron chi connectivity index (χ2n) is 0.372. The molecule has 3 nitrogen and oxygen atoms in total. The van der Waals surface area contributed by atoms with E-state index in [9.17, 15) is 0 Å². The molecule has 0 aliphatic heterocycles. The second kappa shape index (κ2) is 27.1. The molecule has 0 atom stereocenters. The monoisotopic (exact) mass is 91.1 g/mol. The fourth-order valence-electron chi connectivity index (χ4n) is 0. The van der Waals surface area contributed by atoms with Crippen LogP contribution in [0.1, 0.15) is 0 Å². The van der Waals surface area contributed by atoms with Crippen LogP contribution in [0.15, 0.2) is 12.7 Å². The second-order valence-corrected chi connectivity index (χ2v) is 0.372. The third-order valence-corrected chi connectivity index (χ3v) is 0.0962. The summed E-state index contributed by atoms with van der Waals surface area (Å²) < 4.78 is 0. The average Bonchev–Trinajstić information content (AvgIpc) is 1.37. The van der Waals surface area contributed by atoms with Crippen molar-refractivity contribution in [3.8, 4) is 0 Å². The van der Waals surface area contributed by atoms with Gasteiger partial charge in [-0.3, -0.25) is 4.79 Å². The summed E-state index contributed by atoms with van der Waals surface area (Å²) in [6.07, 6.45) is 1.83. The normalized spacial score (nSPS) is 3.33. The highest BCUT2D eigenvalue weighted by atomic mass is 16.1. The van der Waals surface area contributed by atoms with Gasteiger partial charge < -0.3 is 11.6 Å². The summed E-state index contributed by atoms with van der Waals surface area (Å²) in [5, 5.41) is 0. The van der Waals surface area contributed by atoms with Crippen LogP contribution in [0.25, 0.3) is 0 Å². The SMILES string of the molecule is C=CC=O.N.O. The molecule has 5 N–H and O–H groups in total. The van der Waals surface area contributed by atoms with Crippen molar-refractivity contribution < 1.29 is 10.3 Å². The lowest BCUT2D eigenvalue weighted by atomic mass is 10.8. The minimum Gasteiger partial charge on any atom is -0.412 e. The summed E-state index contributed by atoms with van der Waals surface area (Å²) in [7, 11) is 0. The highest BCUT2D eigenvalue weighted by Crippen LogP contribution is 1.35. The fraction of sp³-hybridized carbons (Fsp3) is 0. The van der Waals surface area contributed by atoms with Crippen LogP contribution in [0.4, 0.5) is 0 Å². The summed E-state index contributed by atoms with van der Waals surface area (Å²) in [6, 6.07) is 0. The molecule has 0 heterocycles. The molecule has 0 aromatic rings. The zero-order valence-electron chi connectivity index (χ0n) is 3.48. The number of allylic oxidation sites excluding steroid dienone is 1. The van der Waals surface area contributed by atoms with Crippen molar-refractivity contribution in [2.75, 3.05) is 0 Å². The topological polar surface area (TPSA) is 83.6 Å². The largest absolute Gasteiger partial charge is 0.412 e. The Morgan fingerprint density at radius 2 is 1.67 bits per heavy atom. The first-order valence-corrected chi connectivity index (χ1v) is 0.977. The van der Waals surface area contributed by atoms with Gasteiger partial charge in [-0.05, 0) is 6.08 Å². The van der Waals surface area contributed by atoms with E-state index in [1.54, 1.807) is 0 Å². The maximum atomic E-state index is 9.06. The molecule has 0 aromatic heterocycles. The first-order chi connectivity index (χ1) is 1.91. The third-order valence-electron chi connectivity index (χ3n) is 0.0962. The molecule has 0 fully saturated rings. The van der Waals surface area contributed by atoms with Crippen molar-refractivity contribution in [1.29, 1.82) is 0 Å². The van der Waals surface area contributed by atoms with Crippen LogP contribution >= 0.6 is 0 Å². The Hall–Kier alpha value is -0.670. The minimum absolute atomic E-state index is 0. The Balaban J connectivity index is -0.0000000450. The molecule has 0 aliphatic rings. The van der Waals surface area contributed by atoms with E-state index in [2.05, 4.69) is 6.58 Å². The van der Waals surface area contributed by atoms with Gasteiger partial charge >= 0.3 is 0 Å². The summed E-state index contributed by atoms with van der Waals surface area (Å²) in [4.78, 5) is 9.06. The van der Waals surface area contributed by atoms with Gasteiger partial charge in [0.1, 0.15) is 6.29 Å². The summed E-state index contributed by atoms with van der Waals surface area (Å²) in [5.74, 6) is 0. The molecule has 38 valence electrons. The van der Waals surface area contributed by atoms with E-state index < -0.39 is 0 Å². The number of hydrogen-bond acceptors (Lipinski definition) is 2. The Morgan fingerprint density at radius 3 is 1.67 bits per heavy atom. The summed E-state index contributed by atoms with van der Waals surface area (Å²) in [6.45, 7) is 3.11. The van der Waals surface area contributed by atoms with E-state index in [0.29, 0.717) is 6.29 Å². The van der Waals surface area contributed by atoms with Crippen molar-refractivity contribution in [3.63, 3.8) is 0 Å². The molecular formula is C3H9NO2. The van der Waals surface area contributed by atoms with Crippen molar-refractivity contribution in [2.45, 2.75) is 0 Å². The van der Waals surface area contributed by atoms with Gasteiger partial charge in [0.25, 0.3) is 0 Å². The Kier molecular flexibility index (Phi) is 83.3. The molecule has 0 amide bonds. The van der Waals surface area contributed by atoms with Gasteiger partial charge in [-0.2, -0.15) is 0 Å². The van der Waals surface area contributed by atoms with Gasteiger partial charge in [-0.25, -0.2) is 0 Å². The number of rotatable bonds is 1. The number of hydrogen-bond donors (Lipinski definition) is 1. The zero-order valence-corrected chi connectivity index (χ0v) is 3.48. The standard InChI is InChI=1S/C3H4O.H3N.H2O/c1-2-3-4;;/h2-3H,1H2;1H3;1H2. The molecule has 0 saturated heterocycles. The van der Waals surface area contributed by atoms with Gasteiger partial charge in [0.15, 0.2) is 0 Å². The smallest absolute Gasteiger partial charge is 0.142 e. The summed E-state index contributed by atoms with van der Waals surface area (Å²) in [5.41, 5.74) is 0. The van der Waals surface area contributed by atoms with Crippen LogP contribution < -0.4 is 6.15 Å². The maximum absolute atomic E-state index is 9.06. The molecule has 0 rings (SSSR count). The van der Waals surface area contributed by atoms with Crippen LogP contribution in [0.2, 0.25) is 0 Å².